The van der Waals surface area contributed by atoms with E-state index in [1.165, 1.54) is 0 Å². The number of anilines is 1. The van der Waals surface area contributed by atoms with Gasteiger partial charge in [-0.3, -0.25) is 4.79 Å². The van der Waals surface area contributed by atoms with Gasteiger partial charge in [0.05, 0.1) is 18.3 Å². The minimum atomic E-state index is -0.217. The molecule has 1 amide bonds. The Labute approximate surface area is 166 Å². The zero-order chi connectivity index (χ0) is 19.7. The van der Waals surface area contributed by atoms with Crippen LogP contribution in [0.25, 0.3) is 22.2 Å². The van der Waals surface area contributed by atoms with E-state index >= 15 is 0 Å². The summed E-state index contributed by atoms with van der Waals surface area (Å²) in [5.74, 6) is 0.532. The number of carbonyl (C=O) groups excluding carboxylic acids is 1. The zero-order valence-corrected chi connectivity index (χ0v) is 16.7. The number of rotatable bonds is 5. The van der Waals surface area contributed by atoms with Crippen LogP contribution in [-0.4, -0.2) is 27.2 Å². The molecule has 28 heavy (non-hydrogen) atoms. The molecule has 2 heterocycles. The molecule has 0 aliphatic heterocycles. The molecule has 6 nitrogen and oxygen atoms in total. The maximum absolute atomic E-state index is 13.0. The highest BCUT2D eigenvalue weighted by Crippen LogP contribution is 2.30. The lowest BCUT2D eigenvalue weighted by molar-refractivity contribution is 0.103. The lowest BCUT2D eigenvalue weighted by atomic mass is 10.1. The van der Waals surface area contributed by atoms with Gasteiger partial charge < -0.3 is 14.6 Å². The van der Waals surface area contributed by atoms with Crippen molar-refractivity contribution in [3.63, 3.8) is 0 Å². The number of nitrogens with one attached hydrogen (secondary N) is 1. The second-order valence-corrected chi connectivity index (χ2v) is 7.44. The summed E-state index contributed by atoms with van der Waals surface area (Å²) >= 11 is 1.09. The molecule has 4 aromatic rings. The van der Waals surface area contributed by atoms with Crippen LogP contribution in [0.2, 0.25) is 0 Å². The first-order chi connectivity index (χ1) is 13.6. The maximum Gasteiger partial charge on any atom is 0.269 e. The first-order valence-electron chi connectivity index (χ1n) is 8.96. The first kappa shape index (κ1) is 18.2. The third kappa shape index (κ3) is 3.25. The summed E-state index contributed by atoms with van der Waals surface area (Å²) in [4.78, 5) is 13.4. The molecular weight excluding hydrogens is 372 g/mol. The maximum atomic E-state index is 13.0. The van der Waals surface area contributed by atoms with Crippen LogP contribution < -0.4 is 10.1 Å². The molecule has 2 aromatic carbocycles. The van der Waals surface area contributed by atoms with E-state index in [9.17, 15) is 4.79 Å². The molecule has 0 aliphatic carbocycles. The molecule has 0 fully saturated rings. The average molecular weight is 392 g/mol. The molecule has 0 spiro atoms. The van der Waals surface area contributed by atoms with E-state index < -0.39 is 0 Å². The fourth-order valence-corrected chi connectivity index (χ4v) is 3.79. The van der Waals surface area contributed by atoms with Crippen LogP contribution in [-0.2, 0) is 0 Å². The predicted molar refractivity (Wildman–Crippen MR) is 112 cm³/mol. The van der Waals surface area contributed by atoms with Crippen LogP contribution in [0, 0.1) is 0 Å². The van der Waals surface area contributed by atoms with Crippen molar-refractivity contribution in [3.8, 4) is 17.0 Å². The Kier molecular flexibility index (Phi) is 4.83. The largest absolute Gasteiger partial charge is 0.497 e. The highest BCUT2D eigenvalue weighted by atomic mass is 32.1. The summed E-state index contributed by atoms with van der Waals surface area (Å²) < 4.78 is 11.4. The van der Waals surface area contributed by atoms with Gasteiger partial charge in [0.15, 0.2) is 0 Å². The van der Waals surface area contributed by atoms with Gasteiger partial charge in [-0.05, 0) is 67.8 Å². The number of carbonyl (C=O) groups is 1. The summed E-state index contributed by atoms with van der Waals surface area (Å²) in [6, 6.07) is 15.7. The average Bonchev–Trinajstić information content (AvgIpc) is 3.36. The number of nitrogens with zero attached hydrogens (tertiary/aromatic N) is 3. The van der Waals surface area contributed by atoms with Gasteiger partial charge in [0, 0.05) is 23.2 Å². The Morgan fingerprint density at radius 1 is 1.14 bits per heavy atom. The monoisotopic (exact) mass is 392 g/mol. The van der Waals surface area contributed by atoms with Crippen molar-refractivity contribution in [1.82, 2.24) is 14.2 Å². The van der Waals surface area contributed by atoms with Gasteiger partial charge in [-0.2, -0.15) is 0 Å². The zero-order valence-electron chi connectivity index (χ0n) is 15.8. The molecule has 7 heteroatoms. The Morgan fingerprint density at radius 2 is 1.93 bits per heavy atom. The predicted octanol–water partition coefficient (Wildman–Crippen LogP) is 5.00. The topological polar surface area (TPSA) is 69.0 Å². The van der Waals surface area contributed by atoms with Crippen LogP contribution in [0.15, 0.2) is 54.7 Å². The van der Waals surface area contributed by atoms with Crippen LogP contribution in [0.4, 0.5) is 5.69 Å². The normalized spacial score (nSPS) is 11.1. The number of amides is 1. The van der Waals surface area contributed by atoms with Crippen LogP contribution in [0.3, 0.4) is 0 Å². The molecule has 0 saturated heterocycles. The number of ether oxygens (including phenoxy) is 1. The minimum Gasteiger partial charge on any atom is -0.497 e. The molecule has 1 N–H and O–H groups in total. The third-order valence-corrected chi connectivity index (χ3v) is 5.35. The van der Waals surface area contributed by atoms with Gasteiger partial charge in [-0.1, -0.05) is 10.6 Å². The minimum absolute atomic E-state index is 0.217. The Hall–Kier alpha value is -3.19. The van der Waals surface area contributed by atoms with Crippen molar-refractivity contribution in [2.24, 2.45) is 0 Å². The van der Waals surface area contributed by atoms with Gasteiger partial charge in [0.1, 0.15) is 16.3 Å². The highest BCUT2D eigenvalue weighted by molar-refractivity contribution is 7.08. The van der Waals surface area contributed by atoms with Crippen LogP contribution in [0.1, 0.15) is 29.6 Å². The van der Waals surface area contributed by atoms with E-state index in [0.29, 0.717) is 16.6 Å². The van der Waals surface area contributed by atoms with Gasteiger partial charge in [-0.25, -0.2) is 0 Å². The molecule has 0 radical (unpaired) electrons. The molecule has 4 rings (SSSR count). The molecule has 0 bridgehead atoms. The Morgan fingerprint density at radius 3 is 2.64 bits per heavy atom. The molecule has 2 aromatic heterocycles. The van der Waals surface area contributed by atoms with E-state index in [4.69, 9.17) is 4.74 Å². The van der Waals surface area contributed by atoms with Crippen molar-refractivity contribution < 1.29 is 9.53 Å². The van der Waals surface area contributed by atoms with Gasteiger partial charge in [-0.15, -0.1) is 5.10 Å². The second kappa shape index (κ2) is 7.44. The summed E-state index contributed by atoms with van der Waals surface area (Å²) in [6.45, 7) is 4.27. The van der Waals surface area contributed by atoms with Gasteiger partial charge in [0.2, 0.25) is 0 Å². The Bertz CT molecular complexity index is 1130. The molecule has 0 aliphatic rings. The molecule has 0 atom stereocenters. The van der Waals surface area contributed by atoms with E-state index in [2.05, 4.69) is 39.4 Å². The number of hydrogen-bond donors (Lipinski definition) is 1. The fraction of sp³-hybridized carbons (Fsp3) is 0.190. The van der Waals surface area contributed by atoms with Crippen molar-refractivity contribution >= 4 is 34.0 Å². The number of benzene rings is 2. The smallest absolute Gasteiger partial charge is 0.269 e. The van der Waals surface area contributed by atoms with Crippen molar-refractivity contribution in [1.29, 1.82) is 0 Å². The summed E-state index contributed by atoms with van der Waals surface area (Å²) in [7, 11) is 1.62. The van der Waals surface area contributed by atoms with Crippen molar-refractivity contribution in [2.45, 2.75) is 19.9 Å². The summed E-state index contributed by atoms with van der Waals surface area (Å²) in [5, 5.41) is 8.19. The van der Waals surface area contributed by atoms with E-state index in [1.807, 2.05) is 48.7 Å². The lowest BCUT2D eigenvalue weighted by Crippen LogP contribution is -2.11. The van der Waals surface area contributed by atoms with E-state index in [-0.39, 0.29) is 5.91 Å². The number of methoxy groups -OCH3 is 1. The summed E-state index contributed by atoms with van der Waals surface area (Å²) in [6.07, 6.45) is 2.04. The van der Waals surface area contributed by atoms with Crippen LogP contribution >= 0.6 is 11.5 Å². The summed E-state index contributed by atoms with van der Waals surface area (Å²) in [5.41, 5.74) is 3.25. The van der Waals surface area contributed by atoms with Crippen LogP contribution in [0.5, 0.6) is 5.75 Å². The third-order valence-electron chi connectivity index (χ3n) is 4.63. The van der Waals surface area contributed by atoms with Crippen molar-refractivity contribution in [2.75, 3.05) is 12.4 Å². The van der Waals surface area contributed by atoms with Gasteiger partial charge in [0.25, 0.3) is 5.91 Å². The molecule has 0 saturated carbocycles. The molecule has 142 valence electrons. The quantitative estimate of drug-likeness (QED) is 0.519. The number of aromatic nitrogens is 3. The standard InChI is InChI=1S/C21H20N4O2S/c1-13(2)25-12-11-16-17(5-4-6-18(16)25)22-21(26)20-19(23-24-28-20)14-7-9-15(27-3)10-8-14/h4-13H,1-3H3,(H,22,26). The number of fused-ring (bicyclic) bond motifs is 1. The SMILES string of the molecule is COc1ccc(-c2nnsc2C(=O)Nc2cccc3c2ccn3C(C)C)cc1. The van der Waals surface area contributed by atoms with E-state index in [0.717, 1.165) is 39.4 Å². The van der Waals surface area contributed by atoms with Crippen molar-refractivity contribution in [3.05, 3.63) is 59.6 Å². The molecular formula is C21H20N4O2S. The first-order valence-corrected chi connectivity index (χ1v) is 9.73. The number of hydrogen-bond acceptors (Lipinski definition) is 5. The highest BCUT2D eigenvalue weighted by Gasteiger charge is 2.19. The second-order valence-electron chi connectivity index (χ2n) is 6.69. The Balaban J connectivity index is 1.65. The lowest BCUT2D eigenvalue weighted by Gasteiger charge is -2.11. The van der Waals surface area contributed by atoms with E-state index in [1.54, 1.807) is 7.11 Å². The van der Waals surface area contributed by atoms with Gasteiger partial charge >= 0.3 is 0 Å². The molecule has 0 unspecified atom stereocenters. The fourth-order valence-electron chi connectivity index (χ4n) is 3.20.